The molecular weight excluding hydrogens is 496 g/mol. The molecule has 1 aliphatic heterocycles. The summed E-state index contributed by atoms with van der Waals surface area (Å²) in [4.78, 5) is 17.3. The van der Waals surface area contributed by atoms with Crippen LogP contribution in [0.3, 0.4) is 0 Å². The van der Waals surface area contributed by atoms with E-state index >= 15 is 0 Å². The summed E-state index contributed by atoms with van der Waals surface area (Å²) in [6.07, 6.45) is 9.36. The molecule has 0 N–H and O–H groups in total. The Labute approximate surface area is 243 Å². The number of hydrogen-bond donors (Lipinski definition) is 0. The minimum absolute atomic E-state index is 0.133. The van der Waals surface area contributed by atoms with Crippen molar-refractivity contribution in [2.45, 2.75) is 129 Å². The minimum atomic E-state index is -0.467. The van der Waals surface area contributed by atoms with Crippen LogP contribution >= 0.6 is 0 Å². The summed E-state index contributed by atoms with van der Waals surface area (Å²) in [5.41, 5.74) is 2.34. The zero-order valence-electron chi connectivity index (χ0n) is 25.6. The molecule has 1 amide bonds. The molecule has 2 aliphatic rings. The predicted molar refractivity (Wildman–Crippen MR) is 163 cm³/mol. The highest BCUT2D eigenvalue weighted by molar-refractivity contribution is 5.69. The summed E-state index contributed by atoms with van der Waals surface area (Å²) >= 11 is 0. The van der Waals surface area contributed by atoms with Crippen molar-refractivity contribution in [1.29, 1.82) is 0 Å². The van der Waals surface area contributed by atoms with Crippen LogP contribution in [-0.4, -0.2) is 52.3 Å². The first kappa shape index (κ1) is 30.6. The lowest BCUT2D eigenvalue weighted by atomic mass is 9.82. The van der Waals surface area contributed by atoms with Gasteiger partial charge in [-0.05, 0) is 103 Å². The maximum absolute atomic E-state index is 12.7. The van der Waals surface area contributed by atoms with E-state index in [1.54, 1.807) is 0 Å². The first-order valence-electron chi connectivity index (χ1n) is 15.6. The van der Waals surface area contributed by atoms with Gasteiger partial charge in [0.05, 0.1) is 6.10 Å². The highest BCUT2D eigenvalue weighted by atomic mass is 16.6. The SMILES string of the molecule is C[C@H]1CC(OCCCC2CCC(N(Cc3ccccc3)Cc3ccccc3)CC2)C[C@H](C)N1C(=O)OC(C)(C)C. The molecule has 220 valence electrons. The van der Waals surface area contributed by atoms with Crippen molar-refractivity contribution in [3.63, 3.8) is 0 Å². The number of ether oxygens (including phenoxy) is 2. The van der Waals surface area contributed by atoms with E-state index in [9.17, 15) is 4.79 Å². The predicted octanol–water partition coefficient (Wildman–Crippen LogP) is 8.22. The molecule has 1 heterocycles. The number of benzene rings is 2. The molecule has 4 rings (SSSR count). The van der Waals surface area contributed by atoms with Gasteiger partial charge in [0.25, 0.3) is 0 Å². The maximum atomic E-state index is 12.7. The van der Waals surface area contributed by atoms with Crippen LogP contribution in [-0.2, 0) is 22.6 Å². The van der Waals surface area contributed by atoms with Crippen molar-refractivity contribution in [3.8, 4) is 0 Å². The van der Waals surface area contributed by atoms with Gasteiger partial charge in [-0.3, -0.25) is 4.90 Å². The topological polar surface area (TPSA) is 42.0 Å². The van der Waals surface area contributed by atoms with Gasteiger partial charge in [-0.1, -0.05) is 60.7 Å². The van der Waals surface area contributed by atoms with Gasteiger partial charge in [0.2, 0.25) is 0 Å². The van der Waals surface area contributed by atoms with E-state index < -0.39 is 5.60 Å². The van der Waals surface area contributed by atoms with Gasteiger partial charge >= 0.3 is 6.09 Å². The van der Waals surface area contributed by atoms with Gasteiger partial charge in [-0.15, -0.1) is 0 Å². The van der Waals surface area contributed by atoms with E-state index in [-0.39, 0.29) is 24.3 Å². The lowest BCUT2D eigenvalue weighted by Gasteiger charge is -2.42. The van der Waals surface area contributed by atoms with E-state index in [1.807, 2.05) is 25.7 Å². The zero-order chi connectivity index (χ0) is 28.5. The van der Waals surface area contributed by atoms with Crippen LogP contribution in [0.25, 0.3) is 0 Å². The Bertz CT molecular complexity index is 960. The highest BCUT2D eigenvalue weighted by Gasteiger charge is 2.36. The average molecular weight is 549 g/mol. The van der Waals surface area contributed by atoms with Crippen LogP contribution in [0, 0.1) is 5.92 Å². The van der Waals surface area contributed by atoms with E-state index in [2.05, 4.69) is 79.4 Å². The molecule has 0 bridgehead atoms. The average Bonchev–Trinajstić information content (AvgIpc) is 2.91. The number of carbonyl (C=O) groups excluding carboxylic acids is 1. The third-order valence-corrected chi connectivity index (χ3v) is 8.66. The quantitative estimate of drug-likeness (QED) is 0.281. The molecule has 0 unspecified atom stereocenters. The minimum Gasteiger partial charge on any atom is -0.444 e. The largest absolute Gasteiger partial charge is 0.444 e. The molecule has 2 atom stereocenters. The fourth-order valence-corrected chi connectivity index (χ4v) is 6.70. The standard InChI is InChI=1S/C35H52N2O3/c1-27-23-33(24-28(2)37(27)34(38)40-35(3,4)5)39-22-12-17-29-18-20-32(21-19-29)36(25-30-13-8-6-9-14-30)26-31-15-10-7-11-16-31/h6-11,13-16,27-29,32-33H,12,17-26H2,1-5H3/t27-,28-,29?,32?/m0/s1. The number of carbonyl (C=O) groups is 1. The Morgan fingerprint density at radius 1 is 0.850 bits per heavy atom. The van der Waals surface area contributed by atoms with Crippen molar-refractivity contribution >= 4 is 6.09 Å². The van der Waals surface area contributed by atoms with Crippen LogP contribution in [0.4, 0.5) is 4.79 Å². The van der Waals surface area contributed by atoms with Crippen LogP contribution in [0.1, 0.15) is 97.1 Å². The molecule has 5 heteroatoms. The molecule has 1 aliphatic carbocycles. The van der Waals surface area contributed by atoms with Gasteiger partial charge in [-0.25, -0.2) is 4.79 Å². The van der Waals surface area contributed by atoms with Crippen LogP contribution in [0.15, 0.2) is 60.7 Å². The molecule has 1 saturated heterocycles. The van der Waals surface area contributed by atoms with Crippen molar-refractivity contribution in [2.24, 2.45) is 5.92 Å². The third kappa shape index (κ3) is 9.34. The van der Waals surface area contributed by atoms with Crippen molar-refractivity contribution < 1.29 is 14.3 Å². The van der Waals surface area contributed by atoms with Gasteiger partial charge in [0.1, 0.15) is 5.60 Å². The van der Waals surface area contributed by atoms with Crippen molar-refractivity contribution in [3.05, 3.63) is 71.8 Å². The summed E-state index contributed by atoms with van der Waals surface area (Å²) in [6.45, 7) is 12.9. The van der Waals surface area contributed by atoms with Crippen molar-refractivity contribution in [2.75, 3.05) is 6.61 Å². The number of rotatable bonds is 10. The molecule has 40 heavy (non-hydrogen) atoms. The van der Waals surface area contributed by atoms with Gasteiger partial charge in [0, 0.05) is 37.8 Å². The van der Waals surface area contributed by atoms with Gasteiger partial charge in [-0.2, -0.15) is 0 Å². The van der Waals surface area contributed by atoms with E-state index in [0.29, 0.717) is 6.04 Å². The summed E-state index contributed by atoms with van der Waals surface area (Å²) < 4.78 is 12.0. The summed E-state index contributed by atoms with van der Waals surface area (Å²) in [6, 6.07) is 22.8. The van der Waals surface area contributed by atoms with Gasteiger partial charge < -0.3 is 14.4 Å². The molecule has 1 saturated carbocycles. The third-order valence-electron chi connectivity index (χ3n) is 8.66. The Balaban J connectivity index is 1.18. The Morgan fingerprint density at radius 3 is 1.88 bits per heavy atom. The lowest BCUT2D eigenvalue weighted by molar-refractivity contribution is -0.0467. The fourth-order valence-electron chi connectivity index (χ4n) is 6.70. The smallest absolute Gasteiger partial charge is 0.410 e. The fraction of sp³-hybridized carbons (Fsp3) is 0.629. The molecular formula is C35H52N2O3. The lowest BCUT2D eigenvalue weighted by Crippen LogP contribution is -2.53. The summed E-state index contributed by atoms with van der Waals surface area (Å²) in [7, 11) is 0. The van der Waals surface area contributed by atoms with Crippen molar-refractivity contribution in [1.82, 2.24) is 9.80 Å². The van der Waals surface area contributed by atoms with Gasteiger partial charge in [0.15, 0.2) is 0 Å². The van der Waals surface area contributed by atoms with E-state index in [1.165, 1.54) is 43.2 Å². The first-order valence-corrected chi connectivity index (χ1v) is 15.6. The molecule has 2 fully saturated rings. The molecule has 0 aromatic heterocycles. The molecule has 5 nitrogen and oxygen atoms in total. The normalized spacial score (nSPS) is 25.6. The number of likely N-dealkylation sites (tertiary alicyclic amines) is 1. The molecule has 0 spiro atoms. The Morgan fingerprint density at radius 2 is 1.38 bits per heavy atom. The molecule has 2 aromatic rings. The van der Waals surface area contributed by atoms with Crippen LogP contribution in [0.5, 0.6) is 0 Å². The number of amides is 1. The zero-order valence-corrected chi connectivity index (χ0v) is 25.6. The van der Waals surface area contributed by atoms with Crippen LogP contribution < -0.4 is 0 Å². The summed E-state index contributed by atoms with van der Waals surface area (Å²) in [5, 5.41) is 0. The maximum Gasteiger partial charge on any atom is 0.410 e. The van der Waals surface area contributed by atoms with Crippen LogP contribution in [0.2, 0.25) is 0 Å². The molecule has 2 aromatic carbocycles. The second-order valence-electron chi connectivity index (χ2n) is 13.2. The first-order chi connectivity index (χ1) is 19.2. The molecule has 0 radical (unpaired) electrons. The number of hydrogen-bond acceptors (Lipinski definition) is 4. The monoisotopic (exact) mass is 548 g/mol. The highest BCUT2D eigenvalue weighted by Crippen LogP contribution is 2.33. The summed E-state index contributed by atoms with van der Waals surface area (Å²) in [5.74, 6) is 0.807. The Hall–Kier alpha value is -2.37. The second kappa shape index (κ2) is 14.5. The van der Waals surface area contributed by atoms with E-state index in [0.717, 1.165) is 44.9 Å². The number of piperidine rings is 1. The number of nitrogens with zero attached hydrogens (tertiary/aromatic N) is 2. The Kier molecular flexibility index (Phi) is 11.1. The van der Waals surface area contributed by atoms with E-state index in [4.69, 9.17) is 9.47 Å². The second-order valence-corrected chi connectivity index (χ2v) is 13.2.